The van der Waals surface area contributed by atoms with E-state index in [4.69, 9.17) is 21.1 Å². The van der Waals surface area contributed by atoms with E-state index < -0.39 is 24.1 Å². The van der Waals surface area contributed by atoms with Crippen LogP contribution in [0.25, 0.3) is 10.9 Å². The highest BCUT2D eigenvalue weighted by Crippen LogP contribution is 2.17. The Kier molecular flexibility index (Phi) is 4.66. The van der Waals surface area contributed by atoms with Crippen LogP contribution in [0.2, 0.25) is 5.15 Å². The number of hydrogen-bond acceptors (Lipinski definition) is 5. The number of esters is 2. The van der Waals surface area contributed by atoms with E-state index in [9.17, 15) is 9.59 Å². The molecule has 5 nitrogen and oxygen atoms in total. The van der Waals surface area contributed by atoms with E-state index >= 15 is 0 Å². The standard InChI is InChI=1S/C16H16ClNO4/c1-16(2,3)22-14(19)9-21-15(20)11-4-6-12-10(8-11)5-7-13(17)18-12/h4-8H,9H2,1-3H3. The first-order valence-corrected chi connectivity index (χ1v) is 7.08. The van der Waals surface area contributed by atoms with Crippen molar-refractivity contribution in [3.63, 3.8) is 0 Å². The first-order valence-electron chi connectivity index (χ1n) is 6.70. The molecule has 0 bridgehead atoms. The van der Waals surface area contributed by atoms with Gasteiger partial charge in [-0.2, -0.15) is 0 Å². The molecule has 0 atom stereocenters. The molecule has 0 spiro atoms. The minimum Gasteiger partial charge on any atom is -0.457 e. The molecule has 0 radical (unpaired) electrons. The van der Waals surface area contributed by atoms with E-state index in [2.05, 4.69) is 4.98 Å². The molecule has 2 aromatic rings. The second-order valence-electron chi connectivity index (χ2n) is 5.70. The minimum atomic E-state index is -0.614. The number of benzene rings is 1. The monoisotopic (exact) mass is 321 g/mol. The van der Waals surface area contributed by atoms with Crippen LogP contribution in [0.5, 0.6) is 0 Å². The number of aromatic nitrogens is 1. The van der Waals surface area contributed by atoms with Gasteiger partial charge in [-0.1, -0.05) is 11.6 Å². The summed E-state index contributed by atoms with van der Waals surface area (Å²) in [6.07, 6.45) is 0. The molecule has 0 aliphatic rings. The predicted molar refractivity (Wildman–Crippen MR) is 82.9 cm³/mol. The van der Waals surface area contributed by atoms with E-state index in [1.54, 1.807) is 51.1 Å². The Hall–Kier alpha value is -2.14. The van der Waals surface area contributed by atoms with Crippen molar-refractivity contribution < 1.29 is 19.1 Å². The molecule has 1 aromatic heterocycles. The van der Waals surface area contributed by atoms with Crippen LogP contribution in [0.1, 0.15) is 31.1 Å². The summed E-state index contributed by atoms with van der Waals surface area (Å²) in [6.45, 7) is 4.81. The quantitative estimate of drug-likeness (QED) is 0.640. The molecule has 0 aliphatic carbocycles. The highest BCUT2D eigenvalue weighted by Gasteiger charge is 2.18. The van der Waals surface area contributed by atoms with Gasteiger partial charge in [-0.3, -0.25) is 0 Å². The maximum absolute atomic E-state index is 11.9. The van der Waals surface area contributed by atoms with Crippen molar-refractivity contribution in [2.45, 2.75) is 26.4 Å². The first kappa shape index (κ1) is 16.2. The van der Waals surface area contributed by atoms with Gasteiger partial charge in [-0.05, 0) is 51.1 Å². The van der Waals surface area contributed by atoms with Crippen molar-refractivity contribution in [2.75, 3.05) is 6.61 Å². The van der Waals surface area contributed by atoms with Gasteiger partial charge in [0.2, 0.25) is 0 Å². The smallest absolute Gasteiger partial charge is 0.344 e. The highest BCUT2D eigenvalue weighted by molar-refractivity contribution is 6.29. The van der Waals surface area contributed by atoms with Crippen molar-refractivity contribution in [1.82, 2.24) is 4.98 Å². The molecule has 22 heavy (non-hydrogen) atoms. The summed E-state index contributed by atoms with van der Waals surface area (Å²) in [5.41, 5.74) is 0.397. The molecule has 6 heteroatoms. The molecule has 0 saturated carbocycles. The first-order chi connectivity index (χ1) is 10.2. The zero-order chi connectivity index (χ0) is 16.3. The van der Waals surface area contributed by atoms with Gasteiger partial charge in [0.25, 0.3) is 0 Å². The average molecular weight is 322 g/mol. The second-order valence-corrected chi connectivity index (χ2v) is 6.09. The number of nitrogens with zero attached hydrogens (tertiary/aromatic N) is 1. The summed E-state index contributed by atoms with van der Waals surface area (Å²) in [7, 11) is 0. The molecule has 1 heterocycles. The Labute approximate surface area is 133 Å². The van der Waals surface area contributed by atoms with Crippen molar-refractivity contribution in [3.05, 3.63) is 41.0 Å². The fourth-order valence-corrected chi connectivity index (χ4v) is 1.96. The van der Waals surface area contributed by atoms with E-state index in [0.29, 0.717) is 16.2 Å². The Balaban J connectivity index is 2.04. The Bertz CT molecular complexity index is 722. The van der Waals surface area contributed by atoms with Crippen LogP contribution >= 0.6 is 11.6 Å². The van der Waals surface area contributed by atoms with Gasteiger partial charge in [0.05, 0.1) is 11.1 Å². The Morgan fingerprint density at radius 2 is 1.91 bits per heavy atom. The Morgan fingerprint density at radius 3 is 2.59 bits per heavy atom. The third-order valence-corrected chi connectivity index (χ3v) is 2.84. The predicted octanol–water partition coefficient (Wildman–Crippen LogP) is 3.39. The minimum absolute atomic E-state index is 0.334. The SMILES string of the molecule is CC(C)(C)OC(=O)COC(=O)c1ccc2nc(Cl)ccc2c1. The molecular formula is C16H16ClNO4. The number of carbonyl (C=O) groups excluding carboxylic acids is 2. The van der Waals surface area contributed by atoms with Crippen molar-refractivity contribution >= 4 is 34.4 Å². The molecule has 2 rings (SSSR count). The van der Waals surface area contributed by atoms with Crippen LogP contribution in [-0.4, -0.2) is 29.1 Å². The molecule has 0 N–H and O–H groups in total. The molecule has 0 aliphatic heterocycles. The normalized spacial score (nSPS) is 11.3. The summed E-state index contributed by atoms with van der Waals surface area (Å²) in [4.78, 5) is 27.6. The van der Waals surface area contributed by atoms with Gasteiger partial charge >= 0.3 is 11.9 Å². The number of hydrogen-bond donors (Lipinski definition) is 0. The molecule has 116 valence electrons. The molecular weight excluding hydrogens is 306 g/mol. The number of halogens is 1. The number of ether oxygens (including phenoxy) is 2. The van der Waals surface area contributed by atoms with Crippen LogP contribution in [0.3, 0.4) is 0 Å². The van der Waals surface area contributed by atoms with E-state index in [1.165, 1.54) is 0 Å². The summed E-state index contributed by atoms with van der Waals surface area (Å²) < 4.78 is 10.0. The lowest BCUT2D eigenvalue weighted by atomic mass is 10.1. The van der Waals surface area contributed by atoms with Crippen molar-refractivity contribution in [1.29, 1.82) is 0 Å². The topological polar surface area (TPSA) is 65.5 Å². The van der Waals surface area contributed by atoms with Crippen LogP contribution in [-0.2, 0) is 14.3 Å². The molecule has 0 saturated heterocycles. The third-order valence-electron chi connectivity index (χ3n) is 2.63. The number of fused-ring (bicyclic) bond motifs is 1. The molecule has 0 amide bonds. The number of carbonyl (C=O) groups is 2. The van der Waals surface area contributed by atoms with Crippen LogP contribution in [0.15, 0.2) is 30.3 Å². The summed E-state index contributed by atoms with van der Waals surface area (Å²) in [5.74, 6) is -1.18. The summed E-state index contributed by atoms with van der Waals surface area (Å²) in [5, 5.41) is 1.14. The largest absolute Gasteiger partial charge is 0.457 e. The second kappa shape index (κ2) is 6.32. The zero-order valence-corrected chi connectivity index (χ0v) is 13.3. The average Bonchev–Trinajstić information content (AvgIpc) is 2.42. The fraction of sp³-hybridized carbons (Fsp3) is 0.312. The van der Waals surface area contributed by atoms with Crippen molar-refractivity contribution in [2.24, 2.45) is 0 Å². The lowest BCUT2D eigenvalue weighted by molar-refractivity contribution is -0.158. The highest BCUT2D eigenvalue weighted by atomic mass is 35.5. The lowest BCUT2D eigenvalue weighted by Gasteiger charge is -2.19. The summed E-state index contributed by atoms with van der Waals surface area (Å²) >= 11 is 5.80. The van der Waals surface area contributed by atoms with Crippen molar-refractivity contribution in [3.8, 4) is 0 Å². The van der Waals surface area contributed by atoms with Gasteiger partial charge in [-0.25, -0.2) is 14.6 Å². The molecule has 0 unspecified atom stereocenters. The van der Waals surface area contributed by atoms with E-state index in [1.807, 2.05) is 0 Å². The van der Waals surface area contributed by atoms with Crippen LogP contribution in [0.4, 0.5) is 0 Å². The van der Waals surface area contributed by atoms with E-state index in [0.717, 1.165) is 5.39 Å². The zero-order valence-electron chi connectivity index (χ0n) is 12.6. The summed E-state index contributed by atoms with van der Waals surface area (Å²) in [6, 6.07) is 8.28. The van der Waals surface area contributed by atoms with E-state index in [-0.39, 0.29) is 0 Å². The fourth-order valence-electron chi connectivity index (χ4n) is 1.81. The number of rotatable bonds is 3. The van der Waals surface area contributed by atoms with Crippen LogP contribution in [0, 0.1) is 0 Å². The van der Waals surface area contributed by atoms with Gasteiger partial charge < -0.3 is 9.47 Å². The van der Waals surface area contributed by atoms with Gasteiger partial charge in [0.15, 0.2) is 6.61 Å². The van der Waals surface area contributed by atoms with Gasteiger partial charge in [0.1, 0.15) is 10.8 Å². The van der Waals surface area contributed by atoms with Crippen LogP contribution < -0.4 is 0 Å². The molecule has 0 fully saturated rings. The maximum Gasteiger partial charge on any atom is 0.344 e. The lowest BCUT2D eigenvalue weighted by Crippen LogP contribution is -2.27. The molecule has 1 aromatic carbocycles. The number of pyridine rings is 1. The third kappa shape index (κ3) is 4.43. The van der Waals surface area contributed by atoms with Gasteiger partial charge in [-0.15, -0.1) is 0 Å². The van der Waals surface area contributed by atoms with Gasteiger partial charge in [0, 0.05) is 5.39 Å². The Morgan fingerprint density at radius 1 is 1.18 bits per heavy atom. The maximum atomic E-state index is 11.9.